The average molecular weight is 344 g/mol. The van der Waals surface area contributed by atoms with Crippen molar-refractivity contribution in [1.82, 2.24) is 20.2 Å². The number of rotatable bonds is 6. The summed E-state index contributed by atoms with van der Waals surface area (Å²) < 4.78 is 0. The smallest absolute Gasteiger partial charge is 0.263 e. The highest BCUT2D eigenvalue weighted by Gasteiger charge is 2.16. The van der Waals surface area contributed by atoms with Crippen molar-refractivity contribution in [3.8, 4) is 10.7 Å². The van der Waals surface area contributed by atoms with Gasteiger partial charge >= 0.3 is 0 Å². The highest BCUT2D eigenvalue weighted by atomic mass is 32.1. The summed E-state index contributed by atoms with van der Waals surface area (Å²) in [6, 6.07) is 5.72. The van der Waals surface area contributed by atoms with Crippen LogP contribution < -0.4 is 5.32 Å². The molecule has 0 aromatic carbocycles. The number of hydrogen-bond acceptors (Lipinski definition) is 5. The van der Waals surface area contributed by atoms with Crippen molar-refractivity contribution in [2.75, 3.05) is 26.2 Å². The number of carbonyl (C=O) groups excluding carboxylic acids is 1. The van der Waals surface area contributed by atoms with Crippen LogP contribution in [0.15, 0.2) is 24.4 Å². The van der Waals surface area contributed by atoms with Gasteiger partial charge in [-0.25, -0.2) is 4.98 Å². The predicted molar refractivity (Wildman–Crippen MR) is 97.3 cm³/mol. The third-order valence-corrected chi connectivity index (χ3v) is 5.45. The first kappa shape index (κ1) is 17.0. The summed E-state index contributed by atoms with van der Waals surface area (Å²) in [5, 5.41) is 3.83. The molecule has 0 spiro atoms. The number of pyridine rings is 1. The summed E-state index contributed by atoms with van der Waals surface area (Å²) in [4.78, 5) is 24.4. The SMILES string of the molecule is Cc1nc(-c2ccccn2)sc1C(=O)NCCCN1CCCCC1. The molecule has 1 aliphatic rings. The Morgan fingerprint density at radius 1 is 1.29 bits per heavy atom. The van der Waals surface area contributed by atoms with Gasteiger partial charge in [0, 0.05) is 12.7 Å². The molecule has 0 bridgehead atoms. The lowest BCUT2D eigenvalue weighted by Crippen LogP contribution is -2.33. The first-order valence-electron chi connectivity index (χ1n) is 8.63. The second-order valence-corrected chi connectivity index (χ2v) is 7.16. The summed E-state index contributed by atoms with van der Waals surface area (Å²) in [5.41, 5.74) is 1.59. The molecular weight excluding hydrogens is 320 g/mol. The zero-order valence-electron chi connectivity index (χ0n) is 14.1. The quantitative estimate of drug-likeness (QED) is 0.818. The molecule has 1 amide bonds. The lowest BCUT2D eigenvalue weighted by Gasteiger charge is -2.26. The lowest BCUT2D eigenvalue weighted by molar-refractivity contribution is 0.0954. The van der Waals surface area contributed by atoms with E-state index in [1.54, 1.807) is 6.20 Å². The average Bonchev–Trinajstić information content (AvgIpc) is 3.02. The van der Waals surface area contributed by atoms with E-state index in [4.69, 9.17) is 0 Å². The number of likely N-dealkylation sites (tertiary alicyclic amines) is 1. The number of hydrogen-bond donors (Lipinski definition) is 1. The second-order valence-electron chi connectivity index (χ2n) is 6.16. The second kappa shape index (κ2) is 8.35. The van der Waals surface area contributed by atoms with E-state index >= 15 is 0 Å². The standard InChI is InChI=1S/C18H24N4OS/c1-14-16(24-18(21-14)15-8-3-4-9-19-15)17(23)20-10-7-13-22-11-5-2-6-12-22/h3-4,8-9H,2,5-7,10-13H2,1H3,(H,20,23). The highest BCUT2D eigenvalue weighted by molar-refractivity contribution is 7.17. The fraction of sp³-hybridized carbons (Fsp3) is 0.500. The van der Waals surface area contributed by atoms with Crippen molar-refractivity contribution in [2.24, 2.45) is 0 Å². The number of piperidine rings is 1. The van der Waals surface area contributed by atoms with Crippen molar-refractivity contribution in [3.63, 3.8) is 0 Å². The molecule has 128 valence electrons. The number of carbonyl (C=O) groups is 1. The maximum absolute atomic E-state index is 12.4. The van der Waals surface area contributed by atoms with Gasteiger partial charge in [-0.1, -0.05) is 12.5 Å². The van der Waals surface area contributed by atoms with Crippen molar-refractivity contribution >= 4 is 17.2 Å². The minimum absolute atomic E-state index is 0.0224. The minimum atomic E-state index is -0.0224. The number of thiazole rings is 1. The molecule has 3 rings (SSSR count). The zero-order chi connectivity index (χ0) is 16.8. The predicted octanol–water partition coefficient (Wildman–Crippen LogP) is 3.12. The third-order valence-electron chi connectivity index (χ3n) is 4.27. The molecular formula is C18H24N4OS. The Labute approximate surface area is 147 Å². The molecule has 6 heteroatoms. The van der Waals surface area contributed by atoms with Crippen LogP contribution in [0.25, 0.3) is 10.7 Å². The highest BCUT2D eigenvalue weighted by Crippen LogP contribution is 2.26. The molecule has 1 N–H and O–H groups in total. The number of nitrogens with zero attached hydrogens (tertiary/aromatic N) is 3. The Morgan fingerprint density at radius 2 is 2.12 bits per heavy atom. The van der Waals surface area contributed by atoms with Crippen LogP contribution in [0.3, 0.4) is 0 Å². The molecule has 24 heavy (non-hydrogen) atoms. The van der Waals surface area contributed by atoms with E-state index in [2.05, 4.69) is 20.2 Å². The van der Waals surface area contributed by atoms with Crippen LogP contribution in [-0.2, 0) is 0 Å². The van der Waals surface area contributed by atoms with Crippen LogP contribution in [0.4, 0.5) is 0 Å². The fourth-order valence-electron chi connectivity index (χ4n) is 2.97. The van der Waals surface area contributed by atoms with Crippen molar-refractivity contribution in [1.29, 1.82) is 0 Å². The van der Waals surface area contributed by atoms with Crippen molar-refractivity contribution in [3.05, 3.63) is 35.0 Å². The third kappa shape index (κ3) is 4.39. The van der Waals surface area contributed by atoms with E-state index in [9.17, 15) is 4.79 Å². The molecule has 1 saturated heterocycles. The molecule has 2 aromatic heterocycles. The number of aryl methyl sites for hydroxylation is 1. The van der Waals surface area contributed by atoms with Gasteiger partial charge in [-0.3, -0.25) is 9.78 Å². The van der Waals surface area contributed by atoms with Crippen LogP contribution in [0.5, 0.6) is 0 Å². The molecule has 0 atom stereocenters. The largest absolute Gasteiger partial charge is 0.351 e. The Kier molecular flexibility index (Phi) is 5.93. The summed E-state index contributed by atoms with van der Waals surface area (Å²) in [5.74, 6) is -0.0224. The number of nitrogens with one attached hydrogen (secondary N) is 1. The van der Waals surface area contributed by atoms with E-state index in [-0.39, 0.29) is 5.91 Å². The van der Waals surface area contributed by atoms with E-state index < -0.39 is 0 Å². The Bertz CT molecular complexity index is 665. The molecule has 0 unspecified atom stereocenters. The monoisotopic (exact) mass is 344 g/mol. The van der Waals surface area contributed by atoms with Crippen molar-refractivity contribution in [2.45, 2.75) is 32.6 Å². The van der Waals surface area contributed by atoms with Gasteiger partial charge in [0.25, 0.3) is 5.91 Å². The molecule has 0 aliphatic carbocycles. The Morgan fingerprint density at radius 3 is 2.88 bits per heavy atom. The van der Waals surface area contributed by atoms with Gasteiger partial charge in [-0.2, -0.15) is 0 Å². The summed E-state index contributed by atoms with van der Waals surface area (Å²) >= 11 is 1.41. The maximum atomic E-state index is 12.4. The Hall–Kier alpha value is -1.79. The van der Waals surface area contributed by atoms with E-state index in [0.29, 0.717) is 11.4 Å². The molecule has 0 radical (unpaired) electrons. The Balaban J connectivity index is 1.51. The molecule has 1 fully saturated rings. The van der Waals surface area contributed by atoms with Crippen LogP contribution in [-0.4, -0.2) is 47.0 Å². The van der Waals surface area contributed by atoms with Gasteiger partial charge < -0.3 is 10.2 Å². The molecule has 0 saturated carbocycles. The van der Waals surface area contributed by atoms with E-state index in [1.807, 2.05) is 25.1 Å². The van der Waals surface area contributed by atoms with Crippen LogP contribution in [0.1, 0.15) is 41.0 Å². The van der Waals surface area contributed by atoms with E-state index in [1.165, 1.54) is 43.7 Å². The van der Waals surface area contributed by atoms with Gasteiger partial charge in [-0.15, -0.1) is 11.3 Å². The minimum Gasteiger partial charge on any atom is -0.351 e. The van der Waals surface area contributed by atoms with Gasteiger partial charge in [0.15, 0.2) is 0 Å². The van der Waals surface area contributed by atoms with E-state index in [0.717, 1.165) is 29.4 Å². The molecule has 1 aliphatic heterocycles. The summed E-state index contributed by atoms with van der Waals surface area (Å²) in [6.07, 6.45) is 6.71. The first-order valence-corrected chi connectivity index (χ1v) is 9.45. The lowest BCUT2D eigenvalue weighted by atomic mass is 10.1. The van der Waals surface area contributed by atoms with Crippen LogP contribution in [0.2, 0.25) is 0 Å². The van der Waals surface area contributed by atoms with Crippen molar-refractivity contribution < 1.29 is 4.79 Å². The molecule has 2 aromatic rings. The van der Waals surface area contributed by atoms with Gasteiger partial charge in [0.1, 0.15) is 9.88 Å². The number of amides is 1. The molecule has 3 heterocycles. The van der Waals surface area contributed by atoms with Gasteiger partial charge in [0.2, 0.25) is 0 Å². The summed E-state index contributed by atoms with van der Waals surface area (Å²) in [7, 11) is 0. The van der Waals surface area contributed by atoms with Crippen LogP contribution in [0, 0.1) is 6.92 Å². The fourth-order valence-corrected chi connectivity index (χ4v) is 3.93. The van der Waals surface area contributed by atoms with Crippen LogP contribution >= 0.6 is 11.3 Å². The van der Waals surface area contributed by atoms with Gasteiger partial charge in [-0.05, 0) is 58.0 Å². The first-order chi connectivity index (χ1) is 11.7. The zero-order valence-corrected chi connectivity index (χ0v) is 14.9. The molecule has 5 nitrogen and oxygen atoms in total. The topological polar surface area (TPSA) is 58.1 Å². The summed E-state index contributed by atoms with van der Waals surface area (Å²) in [6.45, 7) is 6.07. The van der Waals surface area contributed by atoms with Gasteiger partial charge in [0.05, 0.1) is 11.4 Å². The number of aromatic nitrogens is 2. The maximum Gasteiger partial charge on any atom is 0.263 e. The normalized spacial score (nSPS) is 15.4.